The van der Waals surface area contributed by atoms with Crippen LogP contribution in [0.5, 0.6) is 0 Å². The molecule has 0 bridgehead atoms. The van der Waals surface area contributed by atoms with Crippen molar-refractivity contribution in [3.8, 4) is 0 Å². The second-order valence-electron chi connectivity index (χ2n) is 16.3. The first-order chi connectivity index (χ1) is 17.6. The highest BCUT2D eigenvalue weighted by atomic mass is 16.6. The monoisotopic (exact) mass is 529 g/mol. The number of hydrogen-bond donors (Lipinski definition) is 1. The van der Waals surface area contributed by atoms with Gasteiger partial charge in [0.05, 0.1) is 7.11 Å². The zero-order valence-electron chi connectivity index (χ0n) is 25.8. The van der Waals surface area contributed by atoms with Gasteiger partial charge in [0.25, 0.3) is 0 Å². The fourth-order valence-corrected chi connectivity index (χ4v) is 12.0. The summed E-state index contributed by atoms with van der Waals surface area (Å²) in [6.45, 7) is 19.0. The van der Waals surface area contributed by atoms with Crippen LogP contribution < -0.4 is 5.48 Å². The highest BCUT2D eigenvalue weighted by Crippen LogP contribution is 2.77. The number of ether oxygens (including phenoxy) is 1. The SMILES string of the molecule is CONC(=O)[C@@]1(C)CC[C@]2(C)CC[C@]3(C)[C@H](CC[C@@H]4[C@@]5(C)CC[C@H](OC(C)=O)C(C)(C)C5CC[C@]43C)[C@H]2C1. The van der Waals surface area contributed by atoms with Gasteiger partial charge in [-0.15, -0.1) is 0 Å². The normalized spacial score (nSPS) is 51.4. The van der Waals surface area contributed by atoms with Crippen molar-refractivity contribution in [1.82, 2.24) is 5.48 Å². The van der Waals surface area contributed by atoms with E-state index in [1.807, 2.05) is 0 Å². The summed E-state index contributed by atoms with van der Waals surface area (Å²) in [7, 11) is 1.55. The lowest BCUT2D eigenvalue weighted by atomic mass is 9.31. The molecule has 5 nitrogen and oxygen atoms in total. The quantitative estimate of drug-likeness (QED) is 0.304. The Hall–Kier alpha value is -1.10. The summed E-state index contributed by atoms with van der Waals surface area (Å²) in [5, 5.41) is 0. The molecule has 0 aromatic heterocycles. The molecule has 38 heavy (non-hydrogen) atoms. The minimum Gasteiger partial charge on any atom is -0.462 e. The number of rotatable bonds is 3. The number of hydroxylamine groups is 1. The summed E-state index contributed by atoms with van der Waals surface area (Å²) in [5.74, 6) is 2.46. The molecule has 1 amide bonds. The zero-order chi connectivity index (χ0) is 27.9. The van der Waals surface area contributed by atoms with Crippen LogP contribution in [-0.2, 0) is 19.2 Å². The minimum absolute atomic E-state index is 0.00276. The van der Waals surface area contributed by atoms with E-state index in [1.165, 1.54) is 38.5 Å². The van der Waals surface area contributed by atoms with Gasteiger partial charge in [0.1, 0.15) is 6.10 Å². The molecule has 0 heterocycles. The van der Waals surface area contributed by atoms with Crippen molar-refractivity contribution >= 4 is 11.9 Å². The number of carbonyl (C=O) groups excluding carboxylic acids is 2. The molecule has 0 aromatic rings. The Balaban J connectivity index is 1.46. The smallest absolute Gasteiger partial charge is 0.302 e. The second-order valence-corrected chi connectivity index (χ2v) is 16.3. The van der Waals surface area contributed by atoms with Crippen molar-refractivity contribution in [2.24, 2.45) is 56.2 Å². The van der Waals surface area contributed by atoms with Gasteiger partial charge in [0.15, 0.2) is 0 Å². The lowest BCUT2D eigenvalue weighted by Crippen LogP contribution is -2.67. The first-order valence-corrected chi connectivity index (χ1v) is 15.6. The van der Waals surface area contributed by atoms with Gasteiger partial charge in [0, 0.05) is 17.8 Å². The maximum Gasteiger partial charge on any atom is 0.302 e. The molecule has 0 aliphatic heterocycles. The lowest BCUT2D eigenvalue weighted by Gasteiger charge is -2.73. The molecule has 0 saturated heterocycles. The summed E-state index contributed by atoms with van der Waals surface area (Å²) in [5.41, 5.74) is 3.55. The average Bonchev–Trinajstić information content (AvgIpc) is 2.82. The molecule has 5 heteroatoms. The van der Waals surface area contributed by atoms with Gasteiger partial charge in [-0.3, -0.25) is 14.4 Å². The molecule has 10 atom stereocenters. The molecule has 5 rings (SSSR count). The minimum atomic E-state index is -0.348. The third-order valence-electron chi connectivity index (χ3n) is 14.4. The van der Waals surface area contributed by atoms with E-state index < -0.39 is 0 Å². The number of amides is 1. The van der Waals surface area contributed by atoms with E-state index in [2.05, 4.69) is 53.9 Å². The van der Waals surface area contributed by atoms with Gasteiger partial charge in [-0.25, -0.2) is 5.48 Å². The third kappa shape index (κ3) is 3.79. The van der Waals surface area contributed by atoms with Crippen molar-refractivity contribution < 1.29 is 19.2 Å². The number of carbonyl (C=O) groups is 2. The molecule has 5 aliphatic carbocycles. The van der Waals surface area contributed by atoms with Crippen LogP contribution in [0.1, 0.15) is 126 Å². The Morgan fingerprint density at radius 1 is 0.737 bits per heavy atom. The molecule has 0 aromatic carbocycles. The van der Waals surface area contributed by atoms with Gasteiger partial charge < -0.3 is 4.74 Å². The van der Waals surface area contributed by atoms with Gasteiger partial charge >= 0.3 is 5.97 Å². The molecule has 216 valence electrons. The number of nitrogens with one attached hydrogen (secondary N) is 1. The molecule has 5 saturated carbocycles. The van der Waals surface area contributed by atoms with Crippen LogP contribution in [0.3, 0.4) is 0 Å². The molecule has 1 unspecified atom stereocenters. The first kappa shape index (κ1) is 28.4. The molecule has 0 spiro atoms. The van der Waals surface area contributed by atoms with Gasteiger partial charge in [-0.1, -0.05) is 48.5 Å². The Bertz CT molecular complexity index is 978. The van der Waals surface area contributed by atoms with Gasteiger partial charge in [-0.05, 0) is 116 Å². The number of hydrogen-bond acceptors (Lipinski definition) is 4. The van der Waals surface area contributed by atoms with Crippen LogP contribution in [-0.4, -0.2) is 25.1 Å². The summed E-state index contributed by atoms with van der Waals surface area (Å²) < 4.78 is 5.91. The van der Waals surface area contributed by atoms with Crippen molar-refractivity contribution in [2.45, 2.75) is 132 Å². The highest BCUT2D eigenvalue weighted by Gasteiger charge is 2.70. The maximum absolute atomic E-state index is 13.1. The standard InChI is InChI=1S/C33H55NO4/c1-21(35)38-26-13-14-31(6)24(28(26,2)3)12-15-33(8)25(31)11-10-22-23-20-30(5,27(36)34-37-9)17-16-29(23,4)18-19-32(22,33)7/h22-26H,10-20H2,1-9H3,(H,34,36)/t22-,23-,24?,25-,26+,29-,30+,31+,32-,33-/m1/s1. The molecule has 1 N–H and O–H groups in total. The molecular formula is C33H55NO4. The molecule has 0 radical (unpaired) electrons. The van der Waals surface area contributed by atoms with Crippen LogP contribution in [0.25, 0.3) is 0 Å². The molecular weight excluding hydrogens is 474 g/mol. The average molecular weight is 530 g/mol. The molecule has 5 aliphatic rings. The van der Waals surface area contributed by atoms with E-state index in [-0.39, 0.29) is 34.2 Å². The van der Waals surface area contributed by atoms with Gasteiger partial charge in [-0.2, -0.15) is 0 Å². The summed E-state index contributed by atoms with van der Waals surface area (Å²) in [6, 6.07) is 0. The third-order valence-corrected chi connectivity index (χ3v) is 14.4. The molecule has 5 fully saturated rings. The summed E-state index contributed by atoms with van der Waals surface area (Å²) >= 11 is 0. The van der Waals surface area contributed by atoms with Gasteiger partial charge in [0.2, 0.25) is 5.91 Å². The van der Waals surface area contributed by atoms with Crippen LogP contribution >= 0.6 is 0 Å². The topological polar surface area (TPSA) is 64.6 Å². The van der Waals surface area contributed by atoms with Crippen LogP contribution in [0.4, 0.5) is 0 Å². The van der Waals surface area contributed by atoms with E-state index in [0.29, 0.717) is 39.9 Å². The predicted octanol–water partition coefficient (Wildman–Crippen LogP) is 7.48. The summed E-state index contributed by atoms with van der Waals surface area (Å²) in [4.78, 5) is 30.1. The van der Waals surface area contributed by atoms with Crippen molar-refractivity contribution in [3.05, 3.63) is 0 Å². The van der Waals surface area contributed by atoms with E-state index >= 15 is 0 Å². The first-order valence-electron chi connectivity index (χ1n) is 15.6. The fraction of sp³-hybridized carbons (Fsp3) is 0.939. The largest absolute Gasteiger partial charge is 0.462 e. The highest BCUT2D eigenvalue weighted by molar-refractivity contribution is 5.81. The number of fused-ring (bicyclic) bond motifs is 7. The van der Waals surface area contributed by atoms with Crippen molar-refractivity contribution in [1.29, 1.82) is 0 Å². The fourth-order valence-electron chi connectivity index (χ4n) is 12.0. The Morgan fingerprint density at radius 2 is 1.42 bits per heavy atom. The Morgan fingerprint density at radius 3 is 2.08 bits per heavy atom. The predicted molar refractivity (Wildman–Crippen MR) is 150 cm³/mol. The maximum atomic E-state index is 13.1. The van der Waals surface area contributed by atoms with E-state index in [9.17, 15) is 9.59 Å². The second kappa shape index (κ2) is 8.95. The van der Waals surface area contributed by atoms with Crippen LogP contribution in [0.15, 0.2) is 0 Å². The lowest BCUT2D eigenvalue weighted by molar-refractivity contribution is -0.255. The summed E-state index contributed by atoms with van der Waals surface area (Å²) in [6.07, 6.45) is 12.9. The van der Waals surface area contributed by atoms with Crippen LogP contribution in [0.2, 0.25) is 0 Å². The zero-order valence-corrected chi connectivity index (χ0v) is 25.8. The van der Waals surface area contributed by atoms with Crippen LogP contribution in [0, 0.1) is 56.2 Å². The van der Waals surface area contributed by atoms with Crippen molar-refractivity contribution in [2.75, 3.05) is 7.11 Å². The van der Waals surface area contributed by atoms with E-state index in [4.69, 9.17) is 9.57 Å². The van der Waals surface area contributed by atoms with Crippen molar-refractivity contribution in [3.63, 3.8) is 0 Å². The number of esters is 1. The van der Waals surface area contributed by atoms with E-state index in [1.54, 1.807) is 14.0 Å². The Labute approximate surface area is 231 Å². The van der Waals surface area contributed by atoms with E-state index in [0.717, 1.165) is 32.1 Å². The Kier molecular flexibility index (Phi) is 6.70.